The van der Waals surface area contributed by atoms with Gasteiger partial charge in [-0.3, -0.25) is 4.90 Å². The maximum Gasteiger partial charge on any atom is 0.0116 e. The van der Waals surface area contributed by atoms with E-state index < -0.39 is 0 Å². The van der Waals surface area contributed by atoms with Crippen LogP contribution in [0.1, 0.15) is 59.3 Å². The van der Waals surface area contributed by atoms with Crippen LogP contribution >= 0.6 is 0 Å². The largest absolute Gasteiger partial charge is 0.328 e. The number of fused-ring (bicyclic) bond motifs is 2. The minimum Gasteiger partial charge on any atom is -0.328 e. The molecule has 4 unspecified atom stereocenters. The molecular formula is C14H28N2. The van der Waals surface area contributed by atoms with E-state index in [1.54, 1.807) is 0 Å². The lowest BCUT2D eigenvalue weighted by molar-refractivity contribution is 0.0737. The molecule has 0 aromatic carbocycles. The number of nitrogens with two attached hydrogens (primary N) is 1. The van der Waals surface area contributed by atoms with Gasteiger partial charge in [-0.2, -0.15) is 0 Å². The van der Waals surface area contributed by atoms with E-state index in [0.717, 1.165) is 24.0 Å². The Kier molecular flexibility index (Phi) is 3.91. The van der Waals surface area contributed by atoms with E-state index in [4.69, 9.17) is 5.73 Å². The number of piperidine rings is 1. The molecule has 0 aromatic heterocycles. The molecule has 0 saturated carbocycles. The van der Waals surface area contributed by atoms with Crippen molar-refractivity contribution in [2.75, 3.05) is 0 Å². The van der Waals surface area contributed by atoms with Crippen molar-refractivity contribution in [2.24, 2.45) is 11.7 Å². The highest BCUT2D eigenvalue weighted by Gasteiger charge is 2.41. The molecule has 4 atom stereocenters. The summed E-state index contributed by atoms with van der Waals surface area (Å²) in [6, 6.07) is 2.84. The fourth-order valence-corrected chi connectivity index (χ4v) is 3.85. The Morgan fingerprint density at radius 3 is 2.25 bits per heavy atom. The third-order valence-electron chi connectivity index (χ3n) is 4.78. The molecule has 2 saturated heterocycles. The summed E-state index contributed by atoms with van der Waals surface area (Å²) in [7, 11) is 0. The van der Waals surface area contributed by atoms with Crippen LogP contribution in [0, 0.1) is 5.92 Å². The Hall–Kier alpha value is -0.0800. The van der Waals surface area contributed by atoms with Crippen molar-refractivity contribution in [1.82, 2.24) is 4.90 Å². The Morgan fingerprint density at radius 1 is 1.19 bits per heavy atom. The monoisotopic (exact) mass is 224 g/mol. The van der Waals surface area contributed by atoms with Gasteiger partial charge in [-0.1, -0.05) is 20.3 Å². The first kappa shape index (κ1) is 12.4. The summed E-state index contributed by atoms with van der Waals surface area (Å²) in [5.74, 6) is 0.866. The summed E-state index contributed by atoms with van der Waals surface area (Å²) in [4.78, 5) is 2.80. The molecule has 0 aromatic rings. The van der Waals surface area contributed by atoms with Gasteiger partial charge >= 0.3 is 0 Å². The van der Waals surface area contributed by atoms with Gasteiger partial charge in [0.15, 0.2) is 0 Å². The predicted octanol–water partition coefficient (Wildman–Crippen LogP) is 2.77. The molecule has 0 aliphatic carbocycles. The molecule has 2 heterocycles. The molecule has 16 heavy (non-hydrogen) atoms. The quantitative estimate of drug-likeness (QED) is 0.795. The predicted molar refractivity (Wildman–Crippen MR) is 69.4 cm³/mol. The van der Waals surface area contributed by atoms with Gasteiger partial charge in [0.25, 0.3) is 0 Å². The molecule has 2 fully saturated rings. The Bertz CT molecular complexity index is 215. The zero-order valence-electron chi connectivity index (χ0n) is 11.2. The van der Waals surface area contributed by atoms with E-state index in [9.17, 15) is 0 Å². The molecule has 0 amide bonds. The lowest BCUT2D eigenvalue weighted by Crippen LogP contribution is -2.51. The Balaban J connectivity index is 1.94. The number of nitrogens with zero attached hydrogens (tertiary/aromatic N) is 1. The fraction of sp³-hybridized carbons (Fsp3) is 1.00. The molecular weight excluding hydrogens is 196 g/mol. The van der Waals surface area contributed by atoms with Gasteiger partial charge < -0.3 is 5.73 Å². The van der Waals surface area contributed by atoms with Crippen LogP contribution in [0.5, 0.6) is 0 Å². The van der Waals surface area contributed by atoms with Crippen molar-refractivity contribution in [2.45, 2.75) is 83.5 Å². The van der Waals surface area contributed by atoms with Crippen molar-refractivity contribution < 1.29 is 0 Å². The van der Waals surface area contributed by atoms with Crippen molar-refractivity contribution in [1.29, 1.82) is 0 Å². The smallest absolute Gasteiger partial charge is 0.0116 e. The van der Waals surface area contributed by atoms with Crippen molar-refractivity contribution >= 4 is 0 Å². The first-order chi connectivity index (χ1) is 7.61. The second kappa shape index (κ2) is 5.05. The van der Waals surface area contributed by atoms with E-state index in [1.807, 2.05) is 0 Å². The summed E-state index contributed by atoms with van der Waals surface area (Å²) in [6.07, 6.45) is 7.93. The van der Waals surface area contributed by atoms with Gasteiger partial charge in [-0.15, -0.1) is 0 Å². The van der Waals surface area contributed by atoms with Gasteiger partial charge in [0.1, 0.15) is 0 Å². The number of rotatable bonds is 4. The minimum absolute atomic E-state index is 0.476. The van der Waals surface area contributed by atoms with Crippen LogP contribution < -0.4 is 5.73 Å². The number of hydrogen-bond acceptors (Lipinski definition) is 2. The molecule has 2 rings (SSSR count). The van der Waals surface area contributed by atoms with Gasteiger partial charge in [0, 0.05) is 24.2 Å². The van der Waals surface area contributed by atoms with Crippen molar-refractivity contribution in [3.8, 4) is 0 Å². The first-order valence-electron chi connectivity index (χ1n) is 7.14. The minimum atomic E-state index is 0.476. The van der Waals surface area contributed by atoms with Crippen LogP contribution in [0.4, 0.5) is 0 Å². The molecule has 0 radical (unpaired) electrons. The lowest BCUT2D eigenvalue weighted by atomic mass is 9.92. The van der Waals surface area contributed by atoms with Gasteiger partial charge in [-0.25, -0.2) is 0 Å². The van der Waals surface area contributed by atoms with E-state index in [1.165, 1.54) is 38.5 Å². The van der Waals surface area contributed by atoms with Gasteiger partial charge in [-0.05, 0) is 44.9 Å². The van der Waals surface area contributed by atoms with Crippen molar-refractivity contribution in [3.05, 3.63) is 0 Å². The van der Waals surface area contributed by atoms with Crippen LogP contribution in [-0.2, 0) is 0 Å². The van der Waals surface area contributed by atoms with Crippen LogP contribution in [0.25, 0.3) is 0 Å². The van der Waals surface area contributed by atoms with Crippen LogP contribution in [-0.4, -0.2) is 29.1 Å². The fourth-order valence-electron chi connectivity index (χ4n) is 3.85. The molecule has 0 spiro atoms. The first-order valence-corrected chi connectivity index (χ1v) is 7.14. The summed E-state index contributed by atoms with van der Waals surface area (Å²) >= 11 is 0. The number of hydrogen-bond donors (Lipinski definition) is 1. The third-order valence-corrected chi connectivity index (χ3v) is 4.78. The highest BCUT2D eigenvalue weighted by Crippen LogP contribution is 2.37. The molecule has 94 valence electrons. The normalized spacial score (nSPS) is 38.6. The molecule has 2 N–H and O–H groups in total. The van der Waals surface area contributed by atoms with Gasteiger partial charge in [0.2, 0.25) is 0 Å². The average Bonchev–Trinajstić information content (AvgIpc) is 2.51. The average molecular weight is 224 g/mol. The summed E-state index contributed by atoms with van der Waals surface area (Å²) in [6.45, 7) is 7.11. The zero-order chi connectivity index (χ0) is 11.7. The second-order valence-corrected chi connectivity index (χ2v) is 6.16. The van der Waals surface area contributed by atoms with Crippen LogP contribution in [0.3, 0.4) is 0 Å². The molecule has 2 aliphatic heterocycles. The van der Waals surface area contributed by atoms with E-state index >= 15 is 0 Å². The van der Waals surface area contributed by atoms with Crippen molar-refractivity contribution in [3.63, 3.8) is 0 Å². The van der Waals surface area contributed by atoms with E-state index in [2.05, 4.69) is 25.7 Å². The summed E-state index contributed by atoms with van der Waals surface area (Å²) < 4.78 is 0. The lowest BCUT2D eigenvalue weighted by Gasteiger charge is -2.42. The van der Waals surface area contributed by atoms with Crippen LogP contribution in [0.2, 0.25) is 0 Å². The maximum absolute atomic E-state index is 6.12. The van der Waals surface area contributed by atoms with Gasteiger partial charge in [0.05, 0.1) is 0 Å². The molecule has 2 bridgehead atoms. The zero-order valence-corrected chi connectivity index (χ0v) is 11.2. The molecule has 2 heteroatoms. The summed E-state index contributed by atoms with van der Waals surface area (Å²) in [5, 5.41) is 0. The Morgan fingerprint density at radius 2 is 1.75 bits per heavy atom. The molecule has 2 nitrogen and oxygen atoms in total. The standard InChI is InChI=1S/C14H28N2/c1-4-10(2)7-11(3)16-13-5-6-14(16)9-12(15)8-13/h10-14H,4-9,15H2,1-3H3. The second-order valence-electron chi connectivity index (χ2n) is 6.16. The summed E-state index contributed by atoms with van der Waals surface area (Å²) in [5.41, 5.74) is 6.12. The topological polar surface area (TPSA) is 29.3 Å². The third kappa shape index (κ3) is 2.43. The highest BCUT2D eigenvalue weighted by molar-refractivity contribution is 4.98. The molecule has 2 aliphatic rings. The highest BCUT2D eigenvalue weighted by atomic mass is 15.2. The maximum atomic E-state index is 6.12. The SMILES string of the molecule is CCC(C)CC(C)N1C2CCC1CC(N)C2. The van der Waals surface area contributed by atoms with Crippen LogP contribution in [0.15, 0.2) is 0 Å². The van der Waals surface area contributed by atoms with E-state index in [-0.39, 0.29) is 0 Å². The Labute approximate surface area is 101 Å². The van der Waals surface area contributed by atoms with E-state index in [0.29, 0.717) is 6.04 Å².